The summed E-state index contributed by atoms with van der Waals surface area (Å²) in [7, 11) is 1.75. The Balaban J connectivity index is 1.60. The van der Waals surface area contributed by atoms with E-state index in [4.69, 9.17) is 4.74 Å². The van der Waals surface area contributed by atoms with E-state index in [0.29, 0.717) is 6.42 Å². The van der Waals surface area contributed by atoms with Gasteiger partial charge in [0.05, 0.1) is 18.0 Å². The molecule has 1 fully saturated rings. The molecule has 4 nitrogen and oxygen atoms in total. The summed E-state index contributed by atoms with van der Waals surface area (Å²) in [5.41, 5.74) is 1.91. The highest BCUT2D eigenvalue weighted by Gasteiger charge is 2.22. The zero-order valence-electron chi connectivity index (χ0n) is 12.9. The summed E-state index contributed by atoms with van der Waals surface area (Å²) in [6, 6.07) is 10.2. The van der Waals surface area contributed by atoms with Crippen molar-refractivity contribution in [3.63, 3.8) is 0 Å². The van der Waals surface area contributed by atoms with Crippen LogP contribution in [0.25, 0.3) is 10.9 Å². The minimum Gasteiger partial charge on any atom is -0.381 e. The molecular formula is C18H22N2O2. The minimum atomic E-state index is 0.0684. The van der Waals surface area contributed by atoms with E-state index >= 15 is 0 Å². The number of aromatic nitrogens is 1. The average molecular weight is 298 g/mol. The van der Waals surface area contributed by atoms with Crippen molar-refractivity contribution in [2.24, 2.45) is 0 Å². The lowest BCUT2D eigenvalue weighted by molar-refractivity contribution is -0.121. The Kier molecular flexibility index (Phi) is 4.68. The van der Waals surface area contributed by atoms with Crippen LogP contribution < -0.4 is 5.32 Å². The van der Waals surface area contributed by atoms with Crippen molar-refractivity contribution in [3.05, 3.63) is 42.1 Å². The molecule has 2 aromatic rings. The molecule has 116 valence electrons. The summed E-state index contributed by atoms with van der Waals surface area (Å²) in [6.45, 7) is 0. The molecule has 0 unspecified atom stereocenters. The van der Waals surface area contributed by atoms with Crippen LogP contribution in [0.2, 0.25) is 0 Å². The normalized spacial score (nSPS) is 21.7. The third kappa shape index (κ3) is 3.63. The highest BCUT2D eigenvalue weighted by molar-refractivity contribution is 5.82. The SMILES string of the molecule is CO[C@H]1CCC[C@H](NC(=O)Cc2cnc3ccccc3c2)C1. The van der Waals surface area contributed by atoms with E-state index in [9.17, 15) is 4.79 Å². The third-order valence-electron chi connectivity index (χ3n) is 4.34. The standard InChI is InChI=1S/C18H22N2O2/c1-22-16-7-4-6-15(11-16)20-18(21)10-13-9-14-5-2-3-8-17(14)19-12-13/h2-3,5,8-9,12,15-16H,4,6-7,10-11H2,1H3,(H,20,21)/t15-,16-/m0/s1. The number of pyridine rings is 1. The van der Waals surface area contributed by atoms with E-state index in [-0.39, 0.29) is 18.1 Å². The van der Waals surface area contributed by atoms with Crippen LogP contribution in [0.3, 0.4) is 0 Å². The number of nitrogens with zero attached hydrogens (tertiary/aromatic N) is 1. The average Bonchev–Trinajstić information content (AvgIpc) is 2.55. The van der Waals surface area contributed by atoms with Crippen LogP contribution in [0.4, 0.5) is 0 Å². The number of carbonyl (C=O) groups is 1. The lowest BCUT2D eigenvalue weighted by Crippen LogP contribution is -2.40. The Labute approximate surface area is 130 Å². The van der Waals surface area contributed by atoms with Gasteiger partial charge in [-0.15, -0.1) is 0 Å². The predicted octanol–water partition coefficient (Wildman–Crippen LogP) is 2.85. The quantitative estimate of drug-likeness (QED) is 0.944. The topological polar surface area (TPSA) is 51.2 Å². The second-order valence-corrected chi connectivity index (χ2v) is 6.00. The minimum absolute atomic E-state index is 0.0684. The molecule has 2 atom stereocenters. The smallest absolute Gasteiger partial charge is 0.224 e. The van der Waals surface area contributed by atoms with Gasteiger partial charge in [-0.05, 0) is 43.4 Å². The first-order valence-corrected chi connectivity index (χ1v) is 7.90. The summed E-state index contributed by atoms with van der Waals surface area (Å²) >= 11 is 0. The van der Waals surface area contributed by atoms with Crippen LogP contribution in [0.5, 0.6) is 0 Å². The monoisotopic (exact) mass is 298 g/mol. The van der Waals surface area contributed by atoms with Gasteiger partial charge in [0.2, 0.25) is 5.91 Å². The molecule has 1 aromatic carbocycles. The van der Waals surface area contributed by atoms with Gasteiger partial charge >= 0.3 is 0 Å². The molecule has 1 saturated carbocycles. The fourth-order valence-electron chi connectivity index (χ4n) is 3.17. The van der Waals surface area contributed by atoms with Crippen LogP contribution in [0, 0.1) is 0 Å². The molecular weight excluding hydrogens is 276 g/mol. The Bertz CT molecular complexity index is 656. The fourth-order valence-corrected chi connectivity index (χ4v) is 3.17. The summed E-state index contributed by atoms with van der Waals surface area (Å²) in [6.07, 6.45) is 6.62. The van der Waals surface area contributed by atoms with E-state index in [2.05, 4.69) is 10.3 Å². The number of methoxy groups -OCH3 is 1. The Morgan fingerprint density at radius 2 is 2.23 bits per heavy atom. The molecule has 0 saturated heterocycles. The number of benzene rings is 1. The molecule has 0 spiro atoms. The van der Waals surface area contributed by atoms with Gasteiger partial charge in [-0.2, -0.15) is 0 Å². The van der Waals surface area contributed by atoms with Crippen molar-refractivity contribution < 1.29 is 9.53 Å². The first-order chi connectivity index (χ1) is 10.7. The second kappa shape index (κ2) is 6.88. The van der Waals surface area contributed by atoms with Gasteiger partial charge in [-0.1, -0.05) is 18.2 Å². The van der Waals surface area contributed by atoms with Gasteiger partial charge in [-0.25, -0.2) is 0 Å². The molecule has 0 bridgehead atoms. The van der Waals surface area contributed by atoms with Crippen molar-refractivity contribution in [1.82, 2.24) is 10.3 Å². The van der Waals surface area contributed by atoms with E-state index < -0.39 is 0 Å². The number of amides is 1. The first kappa shape index (κ1) is 15.0. The molecule has 1 heterocycles. The maximum absolute atomic E-state index is 12.2. The first-order valence-electron chi connectivity index (χ1n) is 7.90. The lowest BCUT2D eigenvalue weighted by Gasteiger charge is -2.28. The number of carbonyl (C=O) groups excluding carboxylic acids is 1. The number of nitrogens with one attached hydrogen (secondary N) is 1. The number of ether oxygens (including phenoxy) is 1. The molecule has 0 aliphatic heterocycles. The van der Waals surface area contributed by atoms with Gasteiger partial charge in [0.1, 0.15) is 0 Å². The van der Waals surface area contributed by atoms with E-state index in [1.54, 1.807) is 13.3 Å². The molecule has 0 radical (unpaired) electrons. The number of rotatable bonds is 4. The van der Waals surface area contributed by atoms with E-state index in [0.717, 1.165) is 42.1 Å². The highest BCUT2D eigenvalue weighted by atomic mass is 16.5. The molecule has 1 aromatic heterocycles. The number of para-hydroxylation sites is 1. The van der Waals surface area contributed by atoms with Crippen LogP contribution in [0.1, 0.15) is 31.2 Å². The summed E-state index contributed by atoms with van der Waals surface area (Å²) in [4.78, 5) is 16.6. The molecule has 1 aliphatic rings. The van der Waals surface area contributed by atoms with Crippen LogP contribution >= 0.6 is 0 Å². The lowest BCUT2D eigenvalue weighted by atomic mass is 9.92. The molecule has 22 heavy (non-hydrogen) atoms. The van der Waals surface area contributed by atoms with Crippen molar-refractivity contribution in [3.8, 4) is 0 Å². The van der Waals surface area contributed by atoms with Gasteiger partial charge in [0, 0.05) is 24.7 Å². The van der Waals surface area contributed by atoms with E-state index in [1.165, 1.54) is 0 Å². The molecule has 4 heteroatoms. The van der Waals surface area contributed by atoms with Gasteiger partial charge in [0.25, 0.3) is 0 Å². The summed E-state index contributed by atoms with van der Waals surface area (Å²) in [5.74, 6) is 0.0684. The molecule has 1 N–H and O–H groups in total. The second-order valence-electron chi connectivity index (χ2n) is 6.00. The van der Waals surface area contributed by atoms with Crippen LogP contribution in [-0.2, 0) is 16.0 Å². The summed E-state index contributed by atoms with van der Waals surface area (Å²) in [5, 5.41) is 4.21. The number of fused-ring (bicyclic) bond motifs is 1. The zero-order chi connectivity index (χ0) is 15.4. The maximum atomic E-state index is 12.2. The highest BCUT2D eigenvalue weighted by Crippen LogP contribution is 2.21. The number of hydrogen-bond acceptors (Lipinski definition) is 3. The molecule has 1 amide bonds. The Hall–Kier alpha value is -1.94. The molecule has 3 rings (SSSR count). The molecule has 1 aliphatic carbocycles. The predicted molar refractivity (Wildman–Crippen MR) is 86.6 cm³/mol. The van der Waals surface area contributed by atoms with Gasteiger partial charge < -0.3 is 10.1 Å². The van der Waals surface area contributed by atoms with Crippen LogP contribution in [-0.4, -0.2) is 30.1 Å². The summed E-state index contributed by atoms with van der Waals surface area (Å²) < 4.78 is 5.41. The van der Waals surface area contributed by atoms with Crippen molar-refractivity contribution in [2.45, 2.75) is 44.2 Å². The van der Waals surface area contributed by atoms with Crippen LogP contribution in [0.15, 0.2) is 36.5 Å². The Morgan fingerprint density at radius 1 is 1.36 bits per heavy atom. The third-order valence-corrected chi connectivity index (χ3v) is 4.34. The fraction of sp³-hybridized carbons (Fsp3) is 0.444. The number of hydrogen-bond donors (Lipinski definition) is 1. The van der Waals surface area contributed by atoms with Gasteiger partial charge in [-0.3, -0.25) is 9.78 Å². The maximum Gasteiger partial charge on any atom is 0.224 e. The van der Waals surface area contributed by atoms with Gasteiger partial charge in [0.15, 0.2) is 0 Å². The van der Waals surface area contributed by atoms with Crippen molar-refractivity contribution in [2.75, 3.05) is 7.11 Å². The van der Waals surface area contributed by atoms with E-state index in [1.807, 2.05) is 30.3 Å². The largest absolute Gasteiger partial charge is 0.381 e. The zero-order valence-corrected chi connectivity index (χ0v) is 12.9. The van der Waals surface area contributed by atoms with Crippen molar-refractivity contribution >= 4 is 16.8 Å². The van der Waals surface area contributed by atoms with Crippen molar-refractivity contribution in [1.29, 1.82) is 0 Å². The Morgan fingerprint density at radius 3 is 3.09 bits per heavy atom.